The molecule has 5 nitrogen and oxygen atoms in total. The van der Waals surface area contributed by atoms with Crippen molar-refractivity contribution in [3.63, 3.8) is 0 Å². The minimum Gasteiger partial charge on any atom is -0.465 e. The van der Waals surface area contributed by atoms with Crippen molar-refractivity contribution in [3.05, 3.63) is 105 Å². The first-order valence-electron chi connectivity index (χ1n) is 12.9. The molecule has 0 unspecified atom stereocenters. The molecule has 0 heterocycles. The first-order chi connectivity index (χ1) is 18.2. The van der Waals surface area contributed by atoms with Crippen molar-refractivity contribution in [1.82, 2.24) is 5.32 Å². The molecule has 3 rings (SSSR count). The molecule has 0 spiro atoms. The fourth-order valence-corrected chi connectivity index (χ4v) is 4.78. The zero-order chi connectivity index (χ0) is 27.5. The summed E-state index contributed by atoms with van der Waals surface area (Å²) in [6.45, 7) is 6.27. The first kappa shape index (κ1) is 29.7. The number of rotatable bonds is 13. The zero-order valence-corrected chi connectivity index (χ0v) is 23.6. The smallest absolute Gasteiger partial charge is 0.323 e. The molecule has 2 atom stereocenters. The standard InChI is InChI=1S/C31H35Cl2NO4/c1-4-37-30(35)29(34-28(14-21(2)3)31(36)38-20-24-8-6-5-7-9-24)18-23-12-10-22(11-13-23)15-25-16-26(32)19-27(33)17-25/h5-13,16-17,19,21,28-29,34H,4,14-15,18,20H2,1-3H3/t28-,29-/m0/s1. The Kier molecular flexibility index (Phi) is 11.7. The van der Waals surface area contributed by atoms with E-state index in [2.05, 4.69) is 5.32 Å². The van der Waals surface area contributed by atoms with E-state index in [1.807, 2.05) is 80.6 Å². The maximum absolute atomic E-state index is 13.0. The molecule has 0 fully saturated rings. The fraction of sp³-hybridized carbons (Fsp3) is 0.355. The molecule has 0 aromatic heterocycles. The van der Waals surface area contributed by atoms with E-state index in [1.54, 1.807) is 13.0 Å². The first-order valence-corrected chi connectivity index (χ1v) is 13.6. The monoisotopic (exact) mass is 555 g/mol. The molecule has 0 aliphatic rings. The number of carbonyl (C=O) groups is 2. The third-order valence-corrected chi connectivity index (χ3v) is 6.42. The van der Waals surface area contributed by atoms with Crippen molar-refractivity contribution in [2.75, 3.05) is 6.61 Å². The Bertz CT molecular complexity index is 1160. The molecular weight excluding hydrogens is 521 g/mol. The minimum absolute atomic E-state index is 0.180. The highest BCUT2D eigenvalue weighted by molar-refractivity contribution is 6.34. The van der Waals surface area contributed by atoms with Gasteiger partial charge in [0.25, 0.3) is 0 Å². The predicted molar refractivity (Wildman–Crippen MR) is 152 cm³/mol. The molecule has 0 saturated heterocycles. The Morgan fingerprint density at radius 1 is 0.763 bits per heavy atom. The quantitative estimate of drug-likeness (QED) is 0.235. The van der Waals surface area contributed by atoms with E-state index >= 15 is 0 Å². The maximum Gasteiger partial charge on any atom is 0.323 e. The topological polar surface area (TPSA) is 64.6 Å². The number of hydrogen-bond donors (Lipinski definition) is 1. The summed E-state index contributed by atoms with van der Waals surface area (Å²) in [7, 11) is 0. The van der Waals surface area contributed by atoms with Crippen LogP contribution in [0.1, 0.15) is 49.4 Å². The zero-order valence-electron chi connectivity index (χ0n) is 22.1. The number of esters is 2. The van der Waals surface area contributed by atoms with Gasteiger partial charge in [-0.05, 0) is 72.6 Å². The fourth-order valence-electron chi connectivity index (χ4n) is 4.21. The van der Waals surface area contributed by atoms with Gasteiger partial charge in [-0.25, -0.2) is 0 Å². The Hall–Kier alpha value is -2.86. The second-order valence-corrected chi connectivity index (χ2v) is 10.6. The van der Waals surface area contributed by atoms with Crippen LogP contribution < -0.4 is 5.32 Å². The molecule has 0 aliphatic carbocycles. The van der Waals surface area contributed by atoms with Crippen LogP contribution in [0.2, 0.25) is 10.0 Å². The van der Waals surface area contributed by atoms with E-state index in [9.17, 15) is 9.59 Å². The predicted octanol–water partition coefficient (Wildman–Crippen LogP) is 6.81. The Balaban J connectivity index is 1.70. The number of hydrogen-bond acceptors (Lipinski definition) is 5. The minimum atomic E-state index is -0.694. The van der Waals surface area contributed by atoms with E-state index in [4.69, 9.17) is 32.7 Å². The van der Waals surface area contributed by atoms with Crippen molar-refractivity contribution < 1.29 is 19.1 Å². The van der Waals surface area contributed by atoms with E-state index in [1.165, 1.54) is 0 Å². The van der Waals surface area contributed by atoms with Crippen LogP contribution in [-0.2, 0) is 38.5 Å². The van der Waals surface area contributed by atoms with Crippen LogP contribution in [-0.4, -0.2) is 30.6 Å². The summed E-state index contributed by atoms with van der Waals surface area (Å²) >= 11 is 12.3. The molecule has 0 aliphatic heterocycles. The normalized spacial score (nSPS) is 12.7. The van der Waals surface area contributed by atoms with Gasteiger partial charge in [-0.2, -0.15) is 0 Å². The lowest BCUT2D eigenvalue weighted by molar-refractivity contribution is -0.150. The Morgan fingerprint density at radius 3 is 1.97 bits per heavy atom. The average Bonchev–Trinajstić information content (AvgIpc) is 2.87. The Morgan fingerprint density at radius 2 is 1.37 bits per heavy atom. The average molecular weight is 557 g/mol. The van der Waals surface area contributed by atoms with Gasteiger partial charge in [-0.1, -0.05) is 91.6 Å². The SMILES string of the molecule is CCOC(=O)[C@H](Cc1ccc(Cc2cc(Cl)cc(Cl)c2)cc1)N[C@@H](CC(C)C)C(=O)OCc1ccccc1. The van der Waals surface area contributed by atoms with Gasteiger partial charge >= 0.3 is 11.9 Å². The van der Waals surface area contributed by atoms with Crippen LogP contribution in [0.5, 0.6) is 0 Å². The van der Waals surface area contributed by atoms with Gasteiger partial charge in [0.1, 0.15) is 18.7 Å². The summed E-state index contributed by atoms with van der Waals surface area (Å²) in [4.78, 5) is 25.9. The lowest BCUT2D eigenvalue weighted by Gasteiger charge is -2.25. The molecule has 38 heavy (non-hydrogen) atoms. The summed E-state index contributed by atoms with van der Waals surface area (Å²) in [5, 5.41) is 4.45. The highest BCUT2D eigenvalue weighted by Gasteiger charge is 2.29. The van der Waals surface area contributed by atoms with Crippen LogP contribution in [0, 0.1) is 5.92 Å². The van der Waals surface area contributed by atoms with Gasteiger partial charge in [0.05, 0.1) is 6.61 Å². The molecule has 0 radical (unpaired) electrons. The lowest BCUT2D eigenvalue weighted by atomic mass is 9.98. The van der Waals surface area contributed by atoms with Crippen LogP contribution in [0.25, 0.3) is 0 Å². The van der Waals surface area contributed by atoms with Gasteiger partial charge in [0, 0.05) is 10.0 Å². The van der Waals surface area contributed by atoms with E-state index in [0.717, 1.165) is 22.3 Å². The number of halogens is 2. The number of nitrogens with one attached hydrogen (secondary N) is 1. The molecule has 7 heteroatoms. The van der Waals surface area contributed by atoms with E-state index < -0.39 is 18.1 Å². The van der Waals surface area contributed by atoms with Crippen LogP contribution in [0.4, 0.5) is 0 Å². The van der Waals surface area contributed by atoms with Gasteiger partial charge in [0.15, 0.2) is 0 Å². The van der Waals surface area contributed by atoms with Crippen molar-refractivity contribution in [2.24, 2.45) is 5.92 Å². The third-order valence-electron chi connectivity index (χ3n) is 5.98. The molecule has 3 aromatic carbocycles. The van der Waals surface area contributed by atoms with Crippen molar-refractivity contribution in [2.45, 2.75) is 58.7 Å². The molecule has 202 valence electrons. The van der Waals surface area contributed by atoms with E-state index in [0.29, 0.717) is 29.3 Å². The summed E-state index contributed by atoms with van der Waals surface area (Å²) < 4.78 is 10.9. The van der Waals surface area contributed by atoms with Crippen molar-refractivity contribution >= 4 is 35.1 Å². The van der Waals surface area contributed by atoms with Crippen LogP contribution in [0.3, 0.4) is 0 Å². The van der Waals surface area contributed by atoms with Crippen LogP contribution in [0.15, 0.2) is 72.8 Å². The van der Waals surface area contributed by atoms with Crippen LogP contribution >= 0.6 is 23.2 Å². The highest BCUT2D eigenvalue weighted by atomic mass is 35.5. The van der Waals surface area contributed by atoms with E-state index in [-0.39, 0.29) is 25.1 Å². The number of carbonyl (C=O) groups excluding carboxylic acids is 2. The molecule has 0 bridgehead atoms. The largest absolute Gasteiger partial charge is 0.465 e. The summed E-state index contributed by atoms with van der Waals surface area (Å²) in [6.07, 6.45) is 1.59. The molecular formula is C31H35Cl2NO4. The summed E-state index contributed by atoms with van der Waals surface area (Å²) in [5.74, 6) is -0.555. The maximum atomic E-state index is 13.0. The van der Waals surface area contributed by atoms with Gasteiger partial charge in [-0.3, -0.25) is 14.9 Å². The second-order valence-electron chi connectivity index (χ2n) is 9.72. The summed E-state index contributed by atoms with van der Waals surface area (Å²) in [6, 6.07) is 21.7. The number of benzene rings is 3. The third kappa shape index (κ3) is 9.79. The summed E-state index contributed by atoms with van der Waals surface area (Å²) in [5.41, 5.74) is 3.97. The van der Waals surface area contributed by atoms with Crippen molar-refractivity contribution in [3.8, 4) is 0 Å². The molecule has 1 N–H and O–H groups in total. The second kappa shape index (κ2) is 14.9. The molecule has 0 saturated carbocycles. The lowest BCUT2D eigenvalue weighted by Crippen LogP contribution is -2.50. The number of ether oxygens (including phenoxy) is 2. The van der Waals surface area contributed by atoms with Gasteiger partial charge < -0.3 is 9.47 Å². The van der Waals surface area contributed by atoms with Gasteiger partial charge in [-0.15, -0.1) is 0 Å². The van der Waals surface area contributed by atoms with Crippen molar-refractivity contribution in [1.29, 1.82) is 0 Å². The Labute approximate surface area is 235 Å². The molecule has 0 amide bonds. The van der Waals surface area contributed by atoms with Gasteiger partial charge in [0.2, 0.25) is 0 Å². The highest BCUT2D eigenvalue weighted by Crippen LogP contribution is 2.22. The molecule has 3 aromatic rings.